The lowest BCUT2D eigenvalue weighted by Crippen LogP contribution is -2.36. The molecule has 0 fully saturated rings. The van der Waals surface area contributed by atoms with E-state index in [4.69, 9.17) is 5.11 Å². The SMILES string of the molecule is CCN(CC(=O)O)C(=O)c1cc(C(C)=O)cn1C. The Hall–Kier alpha value is -2.11. The molecule has 0 unspecified atom stereocenters. The van der Waals surface area contributed by atoms with Crippen molar-refractivity contribution in [2.75, 3.05) is 13.1 Å². The summed E-state index contributed by atoms with van der Waals surface area (Å²) < 4.78 is 1.53. The fraction of sp³-hybridized carbons (Fsp3) is 0.417. The second kappa shape index (κ2) is 5.48. The molecule has 1 aromatic rings. The summed E-state index contributed by atoms with van der Waals surface area (Å²) in [7, 11) is 1.65. The molecule has 1 amide bonds. The van der Waals surface area contributed by atoms with Crippen LogP contribution in [0.15, 0.2) is 12.3 Å². The number of amides is 1. The number of aliphatic carboxylic acids is 1. The first-order valence-electron chi connectivity index (χ1n) is 5.55. The summed E-state index contributed by atoms with van der Waals surface area (Å²) in [5.41, 5.74) is 0.746. The van der Waals surface area contributed by atoms with Gasteiger partial charge in [-0.05, 0) is 19.9 Å². The van der Waals surface area contributed by atoms with E-state index in [1.165, 1.54) is 22.5 Å². The average molecular weight is 252 g/mol. The smallest absolute Gasteiger partial charge is 0.323 e. The van der Waals surface area contributed by atoms with Crippen LogP contribution in [0.1, 0.15) is 34.7 Å². The first-order valence-corrected chi connectivity index (χ1v) is 5.55. The van der Waals surface area contributed by atoms with Crippen LogP contribution in [-0.4, -0.2) is 45.3 Å². The molecular formula is C12H16N2O4. The topological polar surface area (TPSA) is 79.6 Å². The number of rotatable bonds is 5. The predicted octanol–water partition coefficient (Wildman–Crippen LogP) is 0.774. The molecular weight excluding hydrogens is 236 g/mol. The lowest BCUT2D eigenvalue weighted by molar-refractivity contribution is -0.137. The number of ketones is 1. The third-order valence-corrected chi connectivity index (χ3v) is 2.63. The number of aryl methyl sites for hydroxylation is 1. The van der Waals surface area contributed by atoms with Gasteiger partial charge in [-0.1, -0.05) is 0 Å². The van der Waals surface area contributed by atoms with E-state index in [0.29, 0.717) is 17.8 Å². The van der Waals surface area contributed by atoms with Gasteiger partial charge in [0, 0.05) is 25.4 Å². The predicted molar refractivity (Wildman–Crippen MR) is 64.6 cm³/mol. The molecule has 1 aromatic heterocycles. The molecule has 0 aliphatic rings. The minimum atomic E-state index is -1.06. The number of hydrogen-bond acceptors (Lipinski definition) is 3. The van der Waals surface area contributed by atoms with Gasteiger partial charge in [-0.25, -0.2) is 0 Å². The van der Waals surface area contributed by atoms with Crippen LogP contribution >= 0.6 is 0 Å². The maximum atomic E-state index is 12.1. The molecule has 0 spiro atoms. The molecule has 1 N–H and O–H groups in total. The van der Waals surface area contributed by atoms with Crippen LogP contribution in [-0.2, 0) is 11.8 Å². The highest BCUT2D eigenvalue weighted by molar-refractivity contribution is 6.00. The number of carboxylic acid groups (broad SMARTS) is 1. The number of carbonyl (C=O) groups excluding carboxylic acids is 2. The summed E-state index contributed by atoms with van der Waals surface area (Å²) in [6, 6.07) is 1.48. The van der Waals surface area contributed by atoms with Crippen molar-refractivity contribution in [3.8, 4) is 0 Å². The summed E-state index contributed by atoms with van der Waals surface area (Å²) in [5.74, 6) is -1.59. The Labute approximate surface area is 105 Å². The van der Waals surface area contributed by atoms with Gasteiger partial charge in [-0.2, -0.15) is 0 Å². The summed E-state index contributed by atoms with van der Waals surface area (Å²) >= 11 is 0. The van der Waals surface area contributed by atoms with Crippen molar-refractivity contribution >= 4 is 17.7 Å². The Morgan fingerprint density at radius 3 is 2.39 bits per heavy atom. The molecule has 6 nitrogen and oxygen atoms in total. The van der Waals surface area contributed by atoms with Gasteiger partial charge in [0.25, 0.3) is 5.91 Å². The van der Waals surface area contributed by atoms with E-state index in [9.17, 15) is 14.4 Å². The summed E-state index contributed by atoms with van der Waals surface area (Å²) in [6.07, 6.45) is 1.56. The lowest BCUT2D eigenvalue weighted by atomic mass is 10.2. The molecule has 0 radical (unpaired) electrons. The van der Waals surface area contributed by atoms with Gasteiger partial charge in [0.15, 0.2) is 5.78 Å². The number of Topliss-reactive ketones (excluding diaryl/α,β-unsaturated/α-hetero) is 1. The fourth-order valence-corrected chi connectivity index (χ4v) is 1.62. The maximum absolute atomic E-state index is 12.1. The van der Waals surface area contributed by atoms with Crippen molar-refractivity contribution in [1.29, 1.82) is 0 Å². The molecule has 0 bridgehead atoms. The van der Waals surface area contributed by atoms with Crippen LogP contribution in [0.3, 0.4) is 0 Å². The monoisotopic (exact) mass is 252 g/mol. The summed E-state index contributed by atoms with van der Waals surface area (Å²) in [5, 5.41) is 8.72. The zero-order valence-corrected chi connectivity index (χ0v) is 10.6. The normalized spacial score (nSPS) is 10.2. The Morgan fingerprint density at radius 2 is 2.00 bits per heavy atom. The number of aromatic nitrogens is 1. The standard InChI is InChI=1S/C12H16N2O4/c1-4-14(7-11(16)17)12(18)10-5-9(8(2)15)6-13(10)3/h5-6H,4,7H2,1-3H3,(H,16,17). The zero-order chi connectivity index (χ0) is 13.9. The third-order valence-electron chi connectivity index (χ3n) is 2.63. The summed E-state index contributed by atoms with van der Waals surface area (Å²) in [4.78, 5) is 35.2. The lowest BCUT2D eigenvalue weighted by Gasteiger charge is -2.18. The van der Waals surface area contributed by atoms with Gasteiger partial charge in [-0.15, -0.1) is 0 Å². The molecule has 1 rings (SSSR count). The Balaban J connectivity index is 3.01. The molecule has 0 aliphatic heterocycles. The van der Waals surface area contributed by atoms with Crippen molar-refractivity contribution in [3.05, 3.63) is 23.5 Å². The van der Waals surface area contributed by atoms with Crippen LogP contribution in [0, 0.1) is 0 Å². The second-order valence-corrected chi connectivity index (χ2v) is 3.99. The number of nitrogens with zero attached hydrogens (tertiary/aromatic N) is 2. The zero-order valence-electron chi connectivity index (χ0n) is 10.6. The van der Waals surface area contributed by atoms with Gasteiger partial charge in [0.1, 0.15) is 12.2 Å². The molecule has 0 atom stereocenters. The van der Waals surface area contributed by atoms with Crippen molar-refractivity contribution in [2.45, 2.75) is 13.8 Å². The average Bonchev–Trinajstić information content (AvgIpc) is 2.67. The van der Waals surface area contributed by atoms with E-state index >= 15 is 0 Å². The molecule has 0 aromatic carbocycles. The van der Waals surface area contributed by atoms with Crippen LogP contribution in [0.25, 0.3) is 0 Å². The van der Waals surface area contributed by atoms with E-state index in [2.05, 4.69) is 0 Å². The van der Waals surface area contributed by atoms with E-state index in [-0.39, 0.29) is 12.3 Å². The molecule has 0 saturated carbocycles. The Kier molecular flexibility index (Phi) is 4.25. The fourth-order valence-electron chi connectivity index (χ4n) is 1.62. The van der Waals surface area contributed by atoms with Gasteiger partial charge in [0.2, 0.25) is 0 Å². The van der Waals surface area contributed by atoms with Crippen LogP contribution in [0.4, 0.5) is 0 Å². The van der Waals surface area contributed by atoms with Crippen LogP contribution in [0.2, 0.25) is 0 Å². The summed E-state index contributed by atoms with van der Waals surface area (Å²) in [6.45, 7) is 3.07. The van der Waals surface area contributed by atoms with Gasteiger partial charge in [0.05, 0.1) is 0 Å². The highest BCUT2D eigenvalue weighted by atomic mass is 16.4. The number of hydrogen-bond donors (Lipinski definition) is 1. The first-order chi connectivity index (χ1) is 8.36. The van der Waals surface area contributed by atoms with E-state index in [1.54, 1.807) is 20.2 Å². The van der Waals surface area contributed by atoms with Crippen molar-refractivity contribution in [2.24, 2.45) is 7.05 Å². The minimum Gasteiger partial charge on any atom is -0.480 e. The second-order valence-electron chi connectivity index (χ2n) is 3.99. The number of carbonyl (C=O) groups is 3. The largest absolute Gasteiger partial charge is 0.480 e. The van der Waals surface area contributed by atoms with E-state index < -0.39 is 11.9 Å². The molecule has 18 heavy (non-hydrogen) atoms. The van der Waals surface area contributed by atoms with Gasteiger partial charge in [-0.3, -0.25) is 14.4 Å². The number of likely N-dealkylation sites (N-methyl/N-ethyl adjacent to an activating group) is 1. The minimum absolute atomic E-state index is 0.133. The molecule has 1 heterocycles. The third kappa shape index (κ3) is 2.97. The van der Waals surface area contributed by atoms with Crippen molar-refractivity contribution in [1.82, 2.24) is 9.47 Å². The van der Waals surface area contributed by atoms with E-state index in [0.717, 1.165) is 0 Å². The molecule has 98 valence electrons. The molecule has 0 saturated heterocycles. The van der Waals surface area contributed by atoms with Crippen molar-refractivity contribution in [3.63, 3.8) is 0 Å². The maximum Gasteiger partial charge on any atom is 0.323 e. The number of carboxylic acids is 1. The van der Waals surface area contributed by atoms with Crippen molar-refractivity contribution < 1.29 is 19.5 Å². The van der Waals surface area contributed by atoms with Gasteiger partial charge < -0.3 is 14.6 Å². The van der Waals surface area contributed by atoms with Crippen LogP contribution < -0.4 is 0 Å². The van der Waals surface area contributed by atoms with Crippen LogP contribution in [0.5, 0.6) is 0 Å². The van der Waals surface area contributed by atoms with E-state index in [1.807, 2.05) is 0 Å². The first kappa shape index (κ1) is 14.0. The Morgan fingerprint density at radius 1 is 1.39 bits per heavy atom. The quantitative estimate of drug-likeness (QED) is 0.785. The van der Waals surface area contributed by atoms with Gasteiger partial charge >= 0.3 is 5.97 Å². The molecule has 6 heteroatoms. The molecule has 0 aliphatic carbocycles. The highest BCUT2D eigenvalue weighted by Crippen LogP contribution is 2.11. The Bertz CT molecular complexity index is 490. The highest BCUT2D eigenvalue weighted by Gasteiger charge is 2.20.